The number of carbonyl (C=O) groups excluding carboxylic acids is 1. The Hall–Kier alpha value is -0.710. The zero-order valence-corrected chi connectivity index (χ0v) is 13.1. The zero-order valence-electron chi connectivity index (χ0n) is 11.6. The summed E-state index contributed by atoms with van der Waals surface area (Å²) in [6.07, 6.45) is 2.40. The van der Waals surface area contributed by atoms with E-state index in [1.54, 1.807) is 0 Å². The molecule has 1 aromatic carbocycles. The molecule has 1 amide bonds. The Labute approximate surface area is 129 Å². The van der Waals surface area contributed by atoms with E-state index < -0.39 is 0 Å². The van der Waals surface area contributed by atoms with Crippen LogP contribution >= 0.6 is 23.4 Å². The maximum absolute atomic E-state index is 12.4. The normalized spacial score (nSPS) is 19.1. The molecule has 0 saturated carbocycles. The van der Waals surface area contributed by atoms with E-state index >= 15 is 0 Å². The second kappa shape index (κ2) is 7.91. The first-order valence-corrected chi connectivity index (χ1v) is 8.58. The van der Waals surface area contributed by atoms with E-state index in [1.165, 1.54) is 5.56 Å². The largest absolute Gasteiger partial charge is 0.334 e. The molecular weight excluding hydrogens is 292 g/mol. The van der Waals surface area contributed by atoms with Gasteiger partial charge in [-0.1, -0.05) is 23.7 Å². The molecule has 1 atom stereocenters. The monoisotopic (exact) mass is 312 g/mol. The minimum Gasteiger partial charge on any atom is -0.334 e. The van der Waals surface area contributed by atoms with Gasteiger partial charge in [-0.2, -0.15) is 11.8 Å². The van der Waals surface area contributed by atoms with Gasteiger partial charge in [-0.15, -0.1) is 0 Å². The minimum absolute atomic E-state index is 0.177. The fourth-order valence-corrected chi connectivity index (χ4v) is 3.64. The molecule has 2 rings (SSSR count). The van der Waals surface area contributed by atoms with Crippen LogP contribution in [0, 0.1) is 0 Å². The quantitative estimate of drug-likeness (QED) is 0.850. The van der Waals surface area contributed by atoms with Crippen LogP contribution < -0.4 is 5.73 Å². The SMILES string of the molecule is NCCCCC(=O)N1CCSC[C@@H]1c1ccc(Cl)cc1. The third-order valence-corrected chi connectivity index (χ3v) is 4.82. The first kappa shape index (κ1) is 15.7. The van der Waals surface area contributed by atoms with Gasteiger partial charge in [-0.05, 0) is 37.1 Å². The zero-order chi connectivity index (χ0) is 14.4. The van der Waals surface area contributed by atoms with Crippen LogP contribution in [0.15, 0.2) is 24.3 Å². The van der Waals surface area contributed by atoms with Crippen LogP contribution in [0.25, 0.3) is 0 Å². The average Bonchev–Trinajstić information content (AvgIpc) is 2.48. The number of nitrogens with zero attached hydrogens (tertiary/aromatic N) is 1. The first-order chi connectivity index (χ1) is 9.72. The summed E-state index contributed by atoms with van der Waals surface area (Å²) in [4.78, 5) is 14.4. The van der Waals surface area contributed by atoms with Crippen molar-refractivity contribution >= 4 is 29.3 Å². The molecule has 1 aliphatic rings. The van der Waals surface area contributed by atoms with E-state index in [1.807, 2.05) is 40.9 Å². The van der Waals surface area contributed by atoms with E-state index in [9.17, 15) is 4.79 Å². The highest BCUT2D eigenvalue weighted by atomic mass is 35.5. The number of thioether (sulfide) groups is 1. The number of carbonyl (C=O) groups is 1. The maximum Gasteiger partial charge on any atom is 0.223 e. The average molecular weight is 313 g/mol. The fourth-order valence-electron chi connectivity index (χ4n) is 2.43. The number of rotatable bonds is 5. The van der Waals surface area contributed by atoms with Crippen LogP contribution in [0.3, 0.4) is 0 Å². The van der Waals surface area contributed by atoms with Crippen LogP contribution in [0.1, 0.15) is 30.9 Å². The van der Waals surface area contributed by atoms with Gasteiger partial charge in [0.15, 0.2) is 0 Å². The van der Waals surface area contributed by atoms with Crippen molar-refractivity contribution in [1.29, 1.82) is 0 Å². The predicted molar refractivity (Wildman–Crippen MR) is 86.1 cm³/mol. The maximum atomic E-state index is 12.4. The van der Waals surface area contributed by atoms with Crippen molar-refractivity contribution in [3.8, 4) is 0 Å². The Morgan fingerprint density at radius 3 is 2.80 bits per heavy atom. The second-order valence-electron chi connectivity index (χ2n) is 4.98. The molecule has 0 bridgehead atoms. The first-order valence-electron chi connectivity index (χ1n) is 7.05. The Morgan fingerprint density at radius 2 is 2.10 bits per heavy atom. The Bertz CT molecular complexity index is 438. The summed E-state index contributed by atoms with van der Waals surface area (Å²) < 4.78 is 0. The lowest BCUT2D eigenvalue weighted by atomic mass is 10.1. The Kier molecular flexibility index (Phi) is 6.20. The van der Waals surface area contributed by atoms with Crippen molar-refractivity contribution < 1.29 is 4.79 Å². The van der Waals surface area contributed by atoms with E-state index in [4.69, 9.17) is 17.3 Å². The van der Waals surface area contributed by atoms with Gasteiger partial charge in [0.1, 0.15) is 0 Å². The van der Waals surface area contributed by atoms with Crippen molar-refractivity contribution in [2.24, 2.45) is 5.73 Å². The molecule has 1 aromatic rings. The minimum atomic E-state index is 0.177. The summed E-state index contributed by atoms with van der Waals surface area (Å²) >= 11 is 7.84. The number of hydrogen-bond acceptors (Lipinski definition) is 3. The molecule has 0 aromatic heterocycles. The van der Waals surface area contributed by atoms with Gasteiger partial charge in [0.2, 0.25) is 5.91 Å². The highest BCUT2D eigenvalue weighted by molar-refractivity contribution is 7.99. The molecule has 110 valence electrons. The second-order valence-corrected chi connectivity index (χ2v) is 6.56. The number of benzene rings is 1. The molecule has 0 radical (unpaired) electrons. The molecule has 5 heteroatoms. The number of amides is 1. The molecule has 1 fully saturated rings. The molecule has 0 spiro atoms. The van der Waals surface area contributed by atoms with Gasteiger partial charge in [-0.3, -0.25) is 4.79 Å². The van der Waals surface area contributed by atoms with Gasteiger partial charge in [0.05, 0.1) is 6.04 Å². The van der Waals surface area contributed by atoms with Crippen molar-refractivity contribution in [3.05, 3.63) is 34.9 Å². The molecule has 1 aliphatic heterocycles. The molecule has 1 saturated heterocycles. The van der Waals surface area contributed by atoms with Crippen molar-refractivity contribution in [1.82, 2.24) is 4.90 Å². The summed E-state index contributed by atoms with van der Waals surface area (Å²) in [5.41, 5.74) is 6.66. The van der Waals surface area contributed by atoms with Gasteiger partial charge >= 0.3 is 0 Å². The summed E-state index contributed by atoms with van der Waals surface area (Å²) in [5, 5.41) is 0.734. The highest BCUT2D eigenvalue weighted by Gasteiger charge is 2.27. The van der Waals surface area contributed by atoms with Gasteiger partial charge < -0.3 is 10.6 Å². The molecule has 20 heavy (non-hydrogen) atoms. The molecular formula is C15H21ClN2OS. The summed E-state index contributed by atoms with van der Waals surface area (Å²) in [7, 11) is 0. The molecule has 1 heterocycles. The molecule has 0 aliphatic carbocycles. The summed E-state index contributed by atoms with van der Waals surface area (Å²) in [5.74, 6) is 2.23. The lowest BCUT2D eigenvalue weighted by molar-refractivity contribution is -0.133. The summed E-state index contributed by atoms with van der Waals surface area (Å²) in [6, 6.07) is 8.02. The van der Waals surface area contributed by atoms with Crippen LogP contribution in [0.4, 0.5) is 0 Å². The van der Waals surface area contributed by atoms with E-state index in [2.05, 4.69) is 0 Å². The topological polar surface area (TPSA) is 46.3 Å². The highest BCUT2D eigenvalue weighted by Crippen LogP contribution is 2.30. The number of unbranched alkanes of at least 4 members (excludes halogenated alkanes) is 1. The standard InChI is InChI=1S/C15H21ClN2OS/c16-13-6-4-12(5-7-13)14-11-20-10-9-18(14)15(19)3-1-2-8-17/h4-7,14H,1-3,8-11,17H2/t14-/m1/s1. The summed E-state index contributed by atoms with van der Waals surface area (Å²) in [6.45, 7) is 1.49. The van der Waals surface area contributed by atoms with Crippen molar-refractivity contribution in [3.63, 3.8) is 0 Å². The third kappa shape index (κ3) is 4.14. The Balaban J connectivity index is 2.04. The van der Waals surface area contributed by atoms with Gasteiger partial charge in [0, 0.05) is 29.5 Å². The van der Waals surface area contributed by atoms with E-state index in [-0.39, 0.29) is 11.9 Å². The van der Waals surface area contributed by atoms with Crippen LogP contribution in [0.2, 0.25) is 5.02 Å². The van der Waals surface area contributed by atoms with Crippen molar-refractivity contribution in [2.75, 3.05) is 24.6 Å². The van der Waals surface area contributed by atoms with Crippen LogP contribution in [-0.4, -0.2) is 35.4 Å². The number of hydrogen-bond donors (Lipinski definition) is 1. The van der Waals surface area contributed by atoms with Crippen LogP contribution in [-0.2, 0) is 4.79 Å². The van der Waals surface area contributed by atoms with Crippen LogP contribution in [0.5, 0.6) is 0 Å². The third-order valence-electron chi connectivity index (χ3n) is 3.55. The lowest BCUT2D eigenvalue weighted by Crippen LogP contribution is -2.40. The Morgan fingerprint density at radius 1 is 1.35 bits per heavy atom. The number of nitrogens with two attached hydrogens (primary N) is 1. The van der Waals surface area contributed by atoms with Gasteiger partial charge in [-0.25, -0.2) is 0 Å². The van der Waals surface area contributed by atoms with Gasteiger partial charge in [0.25, 0.3) is 0 Å². The predicted octanol–water partition coefficient (Wildman–Crippen LogP) is 3.09. The molecule has 2 N–H and O–H groups in total. The number of halogens is 1. The lowest BCUT2D eigenvalue weighted by Gasteiger charge is -2.36. The van der Waals surface area contributed by atoms with E-state index in [0.717, 1.165) is 35.9 Å². The van der Waals surface area contributed by atoms with Crippen molar-refractivity contribution in [2.45, 2.75) is 25.3 Å². The smallest absolute Gasteiger partial charge is 0.223 e. The molecule has 0 unspecified atom stereocenters. The van der Waals surface area contributed by atoms with E-state index in [0.29, 0.717) is 13.0 Å². The fraction of sp³-hybridized carbons (Fsp3) is 0.533. The molecule has 3 nitrogen and oxygen atoms in total.